The predicted octanol–water partition coefficient (Wildman–Crippen LogP) is 0.369. The van der Waals surface area contributed by atoms with Gasteiger partial charge in [-0.2, -0.15) is 0 Å². The normalized spacial score (nSPS) is 12.5. The number of benzene rings is 1. The molecule has 0 aliphatic heterocycles. The molecule has 6 nitrogen and oxygen atoms in total. The maximum atomic E-state index is 11.3. The second-order valence-electron chi connectivity index (χ2n) is 3.98. The molecule has 0 saturated carbocycles. The van der Waals surface area contributed by atoms with Crippen LogP contribution in [0.4, 0.5) is 0 Å². The number of nitrogens with two attached hydrogens (primary N) is 1. The second-order valence-corrected chi connectivity index (χ2v) is 4.65. The first-order valence-corrected chi connectivity index (χ1v) is 6.65. The molecule has 0 bridgehead atoms. The SMILES string of the molecule is NC(Cc1ccc(OC(=O)CCSO)cc1)C(O)O. The lowest BCUT2D eigenvalue weighted by Crippen LogP contribution is -2.36. The van der Waals surface area contributed by atoms with Crippen molar-refractivity contribution in [3.63, 3.8) is 0 Å². The van der Waals surface area contributed by atoms with Crippen molar-refractivity contribution >= 4 is 18.0 Å². The molecule has 1 atom stereocenters. The number of hydrogen-bond acceptors (Lipinski definition) is 7. The molecule has 0 fully saturated rings. The Labute approximate surface area is 115 Å². The molecule has 1 aromatic rings. The van der Waals surface area contributed by atoms with Gasteiger partial charge in [0, 0.05) is 5.75 Å². The summed E-state index contributed by atoms with van der Waals surface area (Å²) in [4.78, 5) is 11.3. The Balaban J connectivity index is 2.49. The molecule has 1 rings (SSSR count). The molecule has 0 aliphatic rings. The van der Waals surface area contributed by atoms with Crippen molar-refractivity contribution in [2.45, 2.75) is 25.2 Å². The highest BCUT2D eigenvalue weighted by Crippen LogP contribution is 2.14. The molecule has 106 valence electrons. The molecule has 7 heteroatoms. The van der Waals surface area contributed by atoms with E-state index < -0.39 is 18.3 Å². The Bertz CT molecular complexity index is 396. The highest BCUT2D eigenvalue weighted by atomic mass is 32.2. The van der Waals surface area contributed by atoms with Gasteiger partial charge in [-0.3, -0.25) is 4.79 Å². The molecular formula is C12H17NO5S. The van der Waals surface area contributed by atoms with Crippen LogP contribution in [0.3, 0.4) is 0 Å². The third-order valence-corrected chi connectivity index (χ3v) is 2.79. The van der Waals surface area contributed by atoms with Crippen LogP contribution in [-0.4, -0.2) is 38.8 Å². The molecule has 0 aromatic heterocycles. The Morgan fingerprint density at radius 3 is 2.47 bits per heavy atom. The number of aliphatic hydroxyl groups excluding tert-OH is 1. The highest BCUT2D eigenvalue weighted by Gasteiger charge is 2.12. The number of hydrogen-bond donors (Lipinski definition) is 4. The summed E-state index contributed by atoms with van der Waals surface area (Å²) in [5.41, 5.74) is 6.32. The molecule has 19 heavy (non-hydrogen) atoms. The van der Waals surface area contributed by atoms with Crippen molar-refractivity contribution in [2.75, 3.05) is 5.75 Å². The summed E-state index contributed by atoms with van der Waals surface area (Å²) in [5, 5.41) is 17.8. The van der Waals surface area contributed by atoms with Crippen LogP contribution in [0.5, 0.6) is 5.75 Å². The molecule has 0 heterocycles. The summed E-state index contributed by atoms with van der Waals surface area (Å²) in [6.45, 7) is 0. The van der Waals surface area contributed by atoms with Gasteiger partial charge >= 0.3 is 5.97 Å². The van der Waals surface area contributed by atoms with Gasteiger partial charge in [0.25, 0.3) is 0 Å². The Morgan fingerprint density at radius 2 is 1.95 bits per heavy atom. The molecule has 0 aliphatic carbocycles. The number of esters is 1. The topological polar surface area (TPSA) is 113 Å². The maximum absolute atomic E-state index is 11.3. The van der Waals surface area contributed by atoms with E-state index in [1.807, 2.05) is 0 Å². The smallest absolute Gasteiger partial charge is 0.312 e. The minimum atomic E-state index is -1.56. The van der Waals surface area contributed by atoms with Gasteiger partial charge in [-0.25, -0.2) is 0 Å². The summed E-state index contributed by atoms with van der Waals surface area (Å²) in [6.07, 6.45) is -1.12. The van der Waals surface area contributed by atoms with Crippen LogP contribution in [0.2, 0.25) is 0 Å². The van der Waals surface area contributed by atoms with Gasteiger partial charge in [0.2, 0.25) is 0 Å². The molecule has 5 N–H and O–H groups in total. The van der Waals surface area contributed by atoms with Crippen molar-refractivity contribution in [2.24, 2.45) is 5.73 Å². The standard InChI is InChI=1S/C12H17NO5S/c13-10(12(15)16)7-8-1-3-9(4-2-8)18-11(14)5-6-19-17/h1-4,10,12,15-17H,5-7,13H2. The lowest BCUT2D eigenvalue weighted by atomic mass is 10.1. The fraction of sp³-hybridized carbons (Fsp3) is 0.417. The molecule has 0 saturated heterocycles. The first kappa shape index (κ1) is 15.9. The van der Waals surface area contributed by atoms with E-state index in [1.165, 1.54) is 0 Å². The van der Waals surface area contributed by atoms with Crippen LogP contribution >= 0.6 is 12.0 Å². The van der Waals surface area contributed by atoms with Crippen LogP contribution < -0.4 is 10.5 Å². The molecule has 0 amide bonds. The van der Waals surface area contributed by atoms with E-state index in [2.05, 4.69) is 0 Å². The third-order valence-electron chi connectivity index (χ3n) is 2.41. The fourth-order valence-electron chi connectivity index (χ4n) is 1.38. The zero-order valence-electron chi connectivity index (χ0n) is 10.2. The van der Waals surface area contributed by atoms with E-state index in [-0.39, 0.29) is 6.42 Å². The van der Waals surface area contributed by atoms with Gasteiger partial charge in [-0.05, 0) is 36.2 Å². The Morgan fingerprint density at radius 1 is 1.32 bits per heavy atom. The van der Waals surface area contributed by atoms with E-state index >= 15 is 0 Å². The lowest BCUT2D eigenvalue weighted by Gasteiger charge is -2.13. The third kappa shape index (κ3) is 6.04. The van der Waals surface area contributed by atoms with E-state index in [0.717, 1.165) is 5.56 Å². The molecule has 1 aromatic carbocycles. The first-order valence-electron chi connectivity index (χ1n) is 5.70. The maximum Gasteiger partial charge on any atom is 0.312 e. The van der Waals surface area contributed by atoms with E-state index in [1.54, 1.807) is 24.3 Å². The second kappa shape index (κ2) is 8.13. The van der Waals surface area contributed by atoms with Crippen molar-refractivity contribution < 1.29 is 24.3 Å². The van der Waals surface area contributed by atoms with Crippen LogP contribution in [0.1, 0.15) is 12.0 Å². The molecular weight excluding hydrogens is 270 g/mol. The van der Waals surface area contributed by atoms with Crippen LogP contribution in [0.15, 0.2) is 24.3 Å². The summed E-state index contributed by atoms with van der Waals surface area (Å²) in [6, 6.07) is 5.86. The quantitative estimate of drug-likeness (QED) is 0.248. The van der Waals surface area contributed by atoms with Gasteiger partial charge < -0.3 is 25.2 Å². The number of carbonyl (C=O) groups is 1. The number of aliphatic hydroxyl groups is 2. The van der Waals surface area contributed by atoms with Crippen molar-refractivity contribution in [3.05, 3.63) is 29.8 Å². The fourth-order valence-corrected chi connectivity index (χ4v) is 1.64. The molecule has 0 radical (unpaired) electrons. The van der Waals surface area contributed by atoms with Gasteiger partial charge in [0.15, 0.2) is 6.29 Å². The Kier molecular flexibility index (Phi) is 6.82. The first-order chi connectivity index (χ1) is 9.02. The summed E-state index contributed by atoms with van der Waals surface area (Å²) < 4.78 is 13.5. The van der Waals surface area contributed by atoms with Crippen LogP contribution in [0, 0.1) is 0 Å². The molecule has 1 unspecified atom stereocenters. The highest BCUT2D eigenvalue weighted by molar-refractivity contribution is 7.93. The summed E-state index contributed by atoms with van der Waals surface area (Å²) in [7, 11) is 0. The minimum absolute atomic E-state index is 0.129. The lowest BCUT2D eigenvalue weighted by molar-refractivity contribution is -0.133. The van der Waals surface area contributed by atoms with Crippen molar-refractivity contribution in [3.8, 4) is 5.75 Å². The minimum Gasteiger partial charge on any atom is -0.427 e. The monoisotopic (exact) mass is 287 g/mol. The number of ether oxygens (including phenoxy) is 1. The average Bonchev–Trinajstić information content (AvgIpc) is 2.38. The van der Waals surface area contributed by atoms with Gasteiger partial charge in [-0.1, -0.05) is 12.1 Å². The average molecular weight is 287 g/mol. The van der Waals surface area contributed by atoms with E-state index in [4.69, 9.17) is 25.2 Å². The zero-order chi connectivity index (χ0) is 14.3. The number of rotatable bonds is 7. The summed E-state index contributed by atoms with van der Waals surface area (Å²) >= 11 is 0.590. The van der Waals surface area contributed by atoms with Crippen LogP contribution in [-0.2, 0) is 11.2 Å². The zero-order valence-corrected chi connectivity index (χ0v) is 11.0. The van der Waals surface area contributed by atoms with Crippen molar-refractivity contribution in [1.82, 2.24) is 0 Å². The van der Waals surface area contributed by atoms with Crippen LogP contribution in [0.25, 0.3) is 0 Å². The van der Waals surface area contributed by atoms with Gasteiger partial charge in [-0.15, -0.1) is 0 Å². The Hall–Kier alpha value is -1.12. The van der Waals surface area contributed by atoms with E-state index in [0.29, 0.717) is 30.0 Å². The molecule has 0 spiro atoms. The van der Waals surface area contributed by atoms with Gasteiger partial charge in [0.1, 0.15) is 5.75 Å². The summed E-state index contributed by atoms with van der Waals surface area (Å²) in [5.74, 6) is 0.270. The largest absolute Gasteiger partial charge is 0.427 e. The predicted molar refractivity (Wildman–Crippen MR) is 71.7 cm³/mol. The van der Waals surface area contributed by atoms with Crippen molar-refractivity contribution in [1.29, 1.82) is 0 Å². The van der Waals surface area contributed by atoms with E-state index in [9.17, 15) is 4.79 Å². The number of carbonyl (C=O) groups excluding carboxylic acids is 1. The van der Waals surface area contributed by atoms with Gasteiger partial charge in [0.05, 0.1) is 12.5 Å².